The largest absolute Gasteiger partial charge is 0.314 e. The lowest BCUT2D eigenvalue weighted by molar-refractivity contribution is 0.591. The maximum atomic E-state index is 14.0. The van der Waals surface area contributed by atoms with Gasteiger partial charge in [0.1, 0.15) is 7.14 Å². The van der Waals surface area contributed by atoms with Gasteiger partial charge in [0.2, 0.25) is 0 Å². The van der Waals surface area contributed by atoms with Crippen LogP contribution >= 0.6 is 7.14 Å². The van der Waals surface area contributed by atoms with E-state index in [0.29, 0.717) is 5.56 Å². The molecule has 37 heavy (non-hydrogen) atoms. The molecule has 1 unspecified atom stereocenters. The standard InChI is InChI=1S/C34H22NOP/c1-37(36)31-16-7-6-11-25(31)26-18-17-24(20-32(26)37)34-29-14-4-2-12-27(29)33(28-13-3-5-15-30(28)34)23-10-8-9-22(19-23)21-35/h2-20H,1H3. The molecule has 0 N–H and O–H groups in total. The molecule has 0 saturated carbocycles. The van der Waals surface area contributed by atoms with E-state index >= 15 is 0 Å². The van der Waals surface area contributed by atoms with Crippen LogP contribution in [0.2, 0.25) is 0 Å². The van der Waals surface area contributed by atoms with Crippen molar-refractivity contribution in [3.8, 4) is 39.4 Å². The van der Waals surface area contributed by atoms with Crippen molar-refractivity contribution >= 4 is 39.3 Å². The van der Waals surface area contributed by atoms with E-state index in [1.165, 1.54) is 0 Å². The summed E-state index contributed by atoms with van der Waals surface area (Å²) in [4.78, 5) is 0. The third-order valence-corrected chi connectivity index (χ3v) is 10.2. The molecule has 1 aliphatic rings. The fourth-order valence-electron chi connectivity index (χ4n) is 5.97. The van der Waals surface area contributed by atoms with Crippen molar-refractivity contribution in [1.82, 2.24) is 0 Å². The van der Waals surface area contributed by atoms with E-state index in [0.717, 1.165) is 65.5 Å². The Labute approximate surface area is 215 Å². The normalized spacial score (nSPS) is 15.9. The number of nitriles is 1. The van der Waals surface area contributed by atoms with Gasteiger partial charge in [-0.05, 0) is 79.8 Å². The van der Waals surface area contributed by atoms with Gasteiger partial charge in [-0.2, -0.15) is 5.26 Å². The first-order chi connectivity index (χ1) is 18.1. The van der Waals surface area contributed by atoms with Gasteiger partial charge in [0.25, 0.3) is 0 Å². The molecule has 0 amide bonds. The summed E-state index contributed by atoms with van der Waals surface area (Å²) in [7, 11) is -2.69. The Morgan fingerprint density at radius 2 is 1.11 bits per heavy atom. The molecule has 1 aliphatic heterocycles. The highest BCUT2D eigenvalue weighted by atomic mass is 31.2. The van der Waals surface area contributed by atoms with Gasteiger partial charge in [-0.15, -0.1) is 0 Å². The topological polar surface area (TPSA) is 40.9 Å². The molecule has 0 radical (unpaired) electrons. The van der Waals surface area contributed by atoms with Gasteiger partial charge in [0.05, 0.1) is 11.6 Å². The minimum atomic E-state index is -2.69. The van der Waals surface area contributed by atoms with Gasteiger partial charge in [-0.3, -0.25) is 0 Å². The van der Waals surface area contributed by atoms with Crippen LogP contribution in [-0.4, -0.2) is 6.66 Å². The van der Waals surface area contributed by atoms with E-state index in [-0.39, 0.29) is 0 Å². The molecule has 0 bridgehead atoms. The Morgan fingerprint density at radius 3 is 1.73 bits per heavy atom. The lowest BCUT2D eigenvalue weighted by Crippen LogP contribution is -2.08. The Morgan fingerprint density at radius 1 is 0.568 bits per heavy atom. The predicted molar refractivity (Wildman–Crippen MR) is 155 cm³/mol. The number of hydrogen-bond acceptors (Lipinski definition) is 2. The zero-order chi connectivity index (χ0) is 25.1. The molecule has 174 valence electrons. The predicted octanol–water partition coefficient (Wildman–Crippen LogP) is 8.12. The second kappa shape index (κ2) is 8.04. The van der Waals surface area contributed by atoms with Crippen molar-refractivity contribution in [3.63, 3.8) is 0 Å². The number of hydrogen-bond donors (Lipinski definition) is 0. The molecule has 1 atom stereocenters. The maximum Gasteiger partial charge on any atom is 0.141 e. The molecule has 6 aromatic carbocycles. The highest BCUT2D eigenvalue weighted by molar-refractivity contribution is 7.79. The SMILES string of the molecule is CP1(=O)c2ccccc2-c2ccc(-c3c4ccccc4c(-c4cccc(C#N)c4)c4ccccc34)cc21. The van der Waals surface area contributed by atoms with Crippen molar-refractivity contribution in [2.45, 2.75) is 0 Å². The van der Waals surface area contributed by atoms with Crippen LogP contribution in [0.5, 0.6) is 0 Å². The van der Waals surface area contributed by atoms with Gasteiger partial charge < -0.3 is 4.57 Å². The lowest BCUT2D eigenvalue weighted by atomic mass is 9.85. The van der Waals surface area contributed by atoms with Gasteiger partial charge >= 0.3 is 0 Å². The third-order valence-electron chi connectivity index (χ3n) is 7.61. The van der Waals surface area contributed by atoms with E-state index in [1.54, 1.807) is 0 Å². The van der Waals surface area contributed by atoms with E-state index in [1.807, 2.05) is 43.1 Å². The quantitative estimate of drug-likeness (QED) is 0.181. The van der Waals surface area contributed by atoms with Crippen molar-refractivity contribution in [2.24, 2.45) is 0 Å². The molecular weight excluding hydrogens is 469 g/mol. The molecule has 0 spiro atoms. The van der Waals surface area contributed by atoms with Crippen LogP contribution in [0.4, 0.5) is 0 Å². The maximum absolute atomic E-state index is 14.0. The van der Waals surface area contributed by atoms with Crippen LogP contribution in [0.25, 0.3) is 54.9 Å². The molecule has 0 saturated heterocycles. The molecule has 7 rings (SSSR count). The van der Waals surface area contributed by atoms with Crippen molar-refractivity contribution in [1.29, 1.82) is 5.26 Å². The van der Waals surface area contributed by atoms with Crippen LogP contribution in [0.1, 0.15) is 5.56 Å². The summed E-state index contributed by atoms with van der Waals surface area (Å²) in [6.45, 7) is 1.89. The van der Waals surface area contributed by atoms with Crippen LogP contribution < -0.4 is 10.6 Å². The average Bonchev–Trinajstić information content (AvgIpc) is 3.17. The lowest BCUT2D eigenvalue weighted by Gasteiger charge is -2.18. The molecule has 2 nitrogen and oxygen atoms in total. The van der Waals surface area contributed by atoms with Crippen molar-refractivity contribution < 1.29 is 4.57 Å². The molecular formula is C34H22NOP. The Balaban J connectivity index is 1.57. The van der Waals surface area contributed by atoms with Gasteiger partial charge in [-0.25, -0.2) is 0 Å². The summed E-state index contributed by atoms with van der Waals surface area (Å²) in [5.41, 5.74) is 7.17. The fourth-order valence-corrected chi connectivity index (χ4v) is 8.29. The van der Waals surface area contributed by atoms with Gasteiger partial charge in [0, 0.05) is 10.6 Å². The number of benzene rings is 6. The fraction of sp³-hybridized carbons (Fsp3) is 0.0294. The Bertz CT molecular complexity index is 1940. The molecule has 0 fully saturated rings. The molecule has 0 aromatic heterocycles. The third kappa shape index (κ3) is 3.15. The summed E-state index contributed by atoms with van der Waals surface area (Å²) in [5.74, 6) is 0. The van der Waals surface area contributed by atoms with Gasteiger partial charge in [0.15, 0.2) is 0 Å². The smallest absolute Gasteiger partial charge is 0.141 e. The summed E-state index contributed by atoms with van der Waals surface area (Å²) in [6.07, 6.45) is 0. The van der Waals surface area contributed by atoms with E-state index in [4.69, 9.17) is 0 Å². The molecule has 0 aliphatic carbocycles. The van der Waals surface area contributed by atoms with Crippen LogP contribution in [-0.2, 0) is 4.57 Å². The first-order valence-electron chi connectivity index (χ1n) is 12.3. The van der Waals surface area contributed by atoms with Crippen LogP contribution in [0.3, 0.4) is 0 Å². The van der Waals surface area contributed by atoms with Crippen LogP contribution in [0, 0.1) is 11.3 Å². The summed E-state index contributed by atoms with van der Waals surface area (Å²) < 4.78 is 14.0. The minimum absolute atomic E-state index is 0.645. The monoisotopic (exact) mass is 491 g/mol. The Kier molecular flexibility index (Phi) is 4.74. The highest BCUT2D eigenvalue weighted by Crippen LogP contribution is 2.51. The zero-order valence-corrected chi connectivity index (χ0v) is 21.2. The van der Waals surface area contributed by atoms with E-state index in [9.17, 15) is 9.83 Å². The first kappa shape index (κ1) is 21.8. The Hall–Kier alpha value is -4.44. The second-order valence-corrected chi connectivity index (χ2v) is 12.5. The minimum Gasteiger partial charge on any atom is -0.314 e. The van der Waals surface area contributed by atoms with E-state index in [2.05, 4.69) is 84.9 Å². The summed E-state index contributed by atoms with van der Waals surface area (Å²) >= 11 is 0. The number of rotatable bonds is 2. The van der Waals surface area contributed by atoms with Crippen molar-refractivity contribution in [3.05, 3.63) is 121 Å². The number of fused-ring (bicyclic) bond motifs is 5. The molecule has 6 aromatic rings. The highest BCUT2D eigenvalue weighted by Gasteiger charge is 2.34. The molecule has 3 heteroatoms. The van der Waals surface area contributed by atoms with Crippen molar-refractivity contribution in [2.75, 3.05) is 6.66 Å². The van der Waals surface area contributed by atoms with E-state index < -0.39 is 7.14 Å². The summed E-state index contributed by atoms with van der Waals surface area (Å²) in [6, 6.07) is 41.6. The summed E-state index contributed by atoms with van der Waals surface area (Å²) in [5, 5.41) is 16.0. The zero-order valence-electron chi connectivity index (χ0n) is 20.3. The average molecular weight is 492 g/mol. The first-order valence-corrected chi connectivity index (χ1v) is 14.5. The number of nitrogens with zero attached hydrogens (tertiary/aromatic N) is 1. The van der Waals surface area contributed by atoms with Gasteiger partial charge in [-0.1, -0.05) is 97.1 Å². The second-order valence-electron chi connectivity index (χ2n) is 9.71. The molecule has 1 heterocycles. The van der Waals surface area contributed by atoms with Crippen LogP contribution in [0.15, 0.2) is 115 Å².